The lowest BCUT2D eigenvalue weighted by Gasteiger charge is -2.22. The molecular formula is C12H23ClN2O. The molecule has 1 unspecified atom stereocenters. The number of carbonyl (C=O) groups excluding carboxylic acids is 1. The Labute approximate surface area is 104 Å². The van der Waals surface area contributed by atoms with Gasteiger partial charge in [-0.1, -0.05) is 0 Å². The molecule has 2 aliphatic rings. The summed E-state index contributed by atoms with van der Waals surface area (Å²) in [6.45, 7) is 5.05. The molecule has 0 aromatic rings. The number of amides is 1. The van der Waals surface area contributed by atoms with Crippen LogP contribution in [-0.4, -0.2) is 36.5 Å². The van der Waals surface area contributed by atoms with Gasteiger partial charge in [-0.2, -0.15) is 0 Å². The Morgan fingerprint density at radius 3 is 2.62 bits per heavy atom. The zero-order valence-electron chi connectivity index (χ0n) is 10.1. The number of nitrogens with zero attached hydrogens (tertiary/aromatic N) is 1. The van der Waals surface area contributed by atoms with Crippen LogP contribution in [0.2, 0.25) is 0 Å². The van der Waals surface area contributed by atoms with Crippen LogP contribution in [0.4, 0.5) is 0 Å². The van der Waals surface area contributed by atoms with Crippen molar-refractivity contribution in [2.45, 2.75) is 45.1 Å². The van der Waals surface area contributed by atoms with Gasteiger partial charge in [-0.05, 0) is 45.1 Å². The summed E-state index contributed by atoms with van der Waals surface area (Å²) in [5, 5.41) is 3.39. The summed E-state index contributed by atoms with van der Waals surface area (Å²) in [5.41, 5.74) is 0. The SMILES string of the molecule is CCN(CC1CC1)C(=O)CC1CCCN1.Cl. The van der Waals surface area contributed by atoms with Crippen molar-refractivity contribution >= 4 is 18.3 Å². The van der Waals surface area contributed by atoms with E-state index in [0.29, 0.717) is 18.4 Å². The normalized spacial score (nSPS) is 23.9. The van der Waals surface area contributed by atoms with Gasteiger partial charge in [0.05, 0.1) is 0 Å². The van der Waals surface area contributed by atoms with Crippen LogP contribution in [0.3, 0.4) is 0 Å². The number of halogens is 1. The lowest BCUT2D eigenvalue weighted by atomic mass is 10.1. The van der Waals surface area contributed by atoms with E-state index in [9.17, 15) is 4.79 Å². The van der Waals surface area contributed by atoms with Crippen LogP contribution >= 0.6 is 12.4 Å². The van der Waals surface area contributed by atoms with E-state index in [1.165, 1.54) is 25.7 Å². The summed E-state index contributed by atoms with van der Waals surface area (Å²) < 4.78 is 0. The molecule has 0 bridgehead atoms. The minimum Gasteiger partial charge on any atom is -0.343 e. The number of rotatable bonds is 5. The largest absolute Gasteiger partial charge is 0.343 e. The summed E-state index contributed by atoms with van der Waals surface area (Å²) in [5.74, 6) is 1.16. The third-order valence-electron chi connectivity index (χ3n) is 3.49. The fourth-order valence-electron chi connectivity index (χ4n) is 2.29. The van der Waals surface area contributed by atoms with Crippen molar-refractivity contribution in [3.8, 4) is 0 Å². The molecule has 94 valence electrons. The highest BCUT2D eigenvalue weighted by Gasteiger charge is 2.27. The molecule has 0 aromatic carbocycles. The molecule has 2 fully saturated rings. The molecule has 1 aliphatic heterocycles. The number of nitrogens with one attached hydrogen (secondary N) is 1. The van der Waals surface area contributed by atoms with Crippen molar-refractivity contribution in [1.29, 1.82) is 0 Å². The van der Waals surface area contributed by atoms with Crippen molar-refractivity contribution in [3.63, 3.8) is 0 Å². The second kappa shape index (κ2) is 6.45. The molecule has 1 saturated carbocycles. The summed E-state index contributed by atoms with van der Waals surface area (Å²) in [4.78, 5) is 14.0. The van der Waals surface area contributed by atoms with E-state index in [0.717, 1.165) is 25.6 Å². The molecule has 1 N–H and O–H groups in total. The van der Waals surface area contributed by atoms with E-state index >= 15 is 0 Å². The Morgan fingerprint density at radius 1 is 1.38 bits per heavy atom. The predicted octanol–water partition coefficient (Wildman–Crippen LogP) is 1.81. The van der Waals surface area contributed by atoms with Gasteiger partial charge in [0.2, 0.25) is 5.91 Å². The van der Waals surface area contributed by atoms with Crippen LogP contribution in [0.1, 0.15) is 39.0 Å². The second-order valence-corrected chi connectivity index (χ2v) is 4.87. The summed E-state index contributed by atoms with van der Waals surface area (Å²) in [7, 11) is 0. The average Bonchev–Trinajstić information content (AvgIpc) is 2.91. The van der Waals surface area contributed by atoms with Gasteiger partial charge in [0.15, 0.2) is 0 Å². The zero-order chi connectivity index (χ0) is 10.7. The fourth-order valence-corrected chi connectivity index (χ4v) is 2.29. The first kappa shape index (κ1) is 13.8. The maximum absolute atomic E-state index is 12.0. The van der Waals surface area contributed by atoms with Gasteiger partial charge in [-0.3, -0.25) is 4.79 Å². The molecule has 2 rings (SSSR count). The Morgan fingerprint density at radius 2 is 2.12 bits per heavy atom. The van der Waals surface area contributed by atoms with Gasteiger partial charge in [-0.15, -0.1) is 12.4 Å². The van der Waals surface area contributed by atoms with Gasteiger partial charge in [0.25, 0.3) is 0 Å². The van der Waals surface area contributed by atoms with Crippen molar-refractivity contribution in [2.75, 3.05) is 19.6 Å². The van der Waals surface area contributed by atoms with Crippen LogP contribution in [0.5, 0.6) is 0 Å². The molecule has 4 heteroatoms. The van der Waals surface area contributed by atoms with Crippen LogP contribution in [0.15, 0.2) is 0 Å². The summed E-state index contributed by atoms with van der Waals surface area (Å²) in [6.07, 6.45) is 5.76. The van der Waals surface area contributed by atoms with Crippen molar-refractivity contribution in [1.82, 2.24) is 10.2 Å². The number of hydrogen-bond acceptors (Lipinski definition) is 2. The molecule has 1 aliphatic carbocycles. The molecule has 0 aromatic heterocycles. The Hall–Kier alpha value is -0.280. The number of carbonyl (C=O) groups is 1. The Kier molecular flexibility index (Phi) is 5.56. The molecule has 0 spiro atoms. The molecule has 1 saturated heterocycles. The molecule has 3 nitrogen and oxygen atoms in total. The first-order valence-corrected chi connectivity index (χ1v) is 6.30. The lowest BCUT2D eigenvalue weighted by Crippen LogP contribution is -2.37. The molecular weight excluding hydrogens is 224 g/mol. The van der Waals surface area contributed by atoms with E-state index < -0.39 is 0 Å². The average molecular weight is 247 g/mol. The van der Waals surface area contributed by atoms with Crippen LogP contribution in [-0.2, 0) is 4.79 Å². The third-order valence-corrected chi connectivity index (χ3v) is 3.49. The van der Waals surface area contributed by atoms with Crippen LogP contribution in [0, 0.1) is 5.92 Å². The van der Waals surface area contributed by atoms with Gasteiger partial charge >= 0.3 is 0 Å². The highest BCUT2D eigenvalue weighted by Crippen LogP contribution is 2.29. The van der Waals surface area contributed by atoms with E-state index in [2.05, 4.69) is 12.2 Å². The first-order chi connectivity index (χ1) is 7.29. The third kappa shape index (κ3) is 3.95. The van der Waals surface area contributed by atoms with Gasteiger partial charge in [0.1, 0.15) is 0 Å². The topological polar surface area (TPSA) is 32.3 Å². The second-order valence-electron chi connectivity index (χ2n) is 4.87. The van der Waals surface area contributed by atoms with Gasteiger partial charge in [0, 0.05) is 25.6 Å². The molecule has 1 heterocycles. The van der Waals surface area contributed by atoms with Crippen molar-refractivity contribution < 1.29 is 4.79 Å². The van der Waals surface area contributed by atoms with Gasteiger partial charge < -0.3 is 10.2 Å². The molecule has 1 atom stereocenters. The van der Waals surface area contributed by atoms with Gasteiger partial charge in [-0.25, -0.2) is 0 Å². The zero-order valence-corrected chi connectivity index (χ0v) is 10.9. The molecule has 16 heavy (non-hydrogen) atoms. The highest BCUT2D eigenvalue weighted by molar-refractivity contribution is 5.85. The fraction of sp³-hybridized carbons (Fsp3) is 0.917. The van der Waals surface area contributed by atoms with E-state index in [1.807, 2.05) is 4.90 Å². The monoisotopic (exact) mass is 246 g/mol. The van der Waals surface area contributed by atoms with E-state index in [4.69, 9.17) is 0 Å². The Balaban J connectivity index is 0.00000128. The molecule has 0 radical (unpaired) electrons. The maximum Gasteiger partial charge on any atom is 0.224 e. The smallest absolute Gasteiger partial charge is 0.224 e. The van der Waals surface area contributed by atoms with Crippen LogP contribution in [0.25, 0.3) is 0 Å². The minimum atomic E-state index is 0. The Bertz CT molecular complexity index is 225. The van der Waals surface area contributed by atoms with Crippen molar-refractivity contribution in [2.24, 2.45) is 5.92 Å². The van der Waals surface area contributed by atoms with E-state index in [1.54, 1.807) is 0 Å². The minimum absolute atomic E-state index is 0. The maximum atomic E-state index is 12.0. The summed E-state index contributed by atoms with van der Waals surface area (Å²) in [6, 6.07) is 0.450. The number of hydrogen-bond donors (Lipinski definition) is 1. The summed E-state index contributed by atoms with van der Waals surface area (Å²) >= 11 is 0. The first-order valence-electron chi connectivity index (χ1n) is 6.30. The quantitative estimate of drug-likeness (QED) is 0.803. The molecule has 1 amide bonds. The van der Waals surface area contributed by atoms with Crippen molar-refractivity contribution in [3.05, 3.63) is 0 Å². The predicted molar refractivity (Wildman–Crippen MR) is 67.9 cm³/mol. The standard InChI is InChI=1S/C12H22N2O.ClH/c1-2-14(9-10-5-6-10)12(15)8-11-4-3-7-13-11;/h10-11,13H,2-9H2,1H3;1H. The van der Waals surface area contributed by atoms with E-state index in [-0.39, 0.29) is 12.4 Å². The van der Waals surface area contributed by atoms with Crippen LogP contribution < -0.4 is 5.32 Å². The lowest BCUT2D eigenvalue weighted by molar-refractivity contribution is -0.131. The highest BCUT2D eigenvalue weighted by atomic mass is 35.5.